The summed E-state index contributed by atoms with van der Waals surface area (Å²) in [4.78, 5) is 29.8. The van der Waals surface area contributed by atoms with Gasteiger partial charge in [-0.15, -0.1) is 0 Å². The van der Waals surface area contributed by atoms with E-state index in [1.807, 2.05) is 23.1 Å². The average Bonchev–Trinajstić information content (AvgIpc) is 3.39. The first-order valence-electron chi connectivity index (χ1n) is 12.1. The van der Waals surface area contributed by atoms with Crippen molar-refractivity contribution < 1.29 is 9.53 Å². The highest BCUT2D eigenvalue weighted by atomic mass is 35.5. The van der Waals surface area contributed by atoms with Gasteiger partial charge < -0.3 is 14.5 Å². The second-order valence-corrected chi connectivity index (χ2v) is 9.48. The molecule has 2 aliphatic heterocycles. The van der Waals surface area contributed by atoms with Crippen LogP contribution >= 0.6 is 11.6 Å². The molecule has 0 radical (unpaired) electrons. The van der Waals surface area contributed by atoms with E-state index in [1.54, 1.807) is 36.9 Å². The molecule has 0 spiro atoms. The molecule has 0 aliphatic carbocycles. The quantitative estimate of drug-likeness (QED) is 0.514. The summed E-state index contributed by atoms with van der Waals surface area (Å²) >= 11 is 5.84. The molecule has 1 unspecified atom stereocenters. The Balaban J connectivity index is 0.000000356. The van der Waals surface area contributed by atoms with Crippen LogP contribution in [-0.4, -0.2) is 58.5 Å². The Hall–Kier alpha value is -3.19. The molecule has 8 heteroatoms. The van der Waals surface area contributed by atoms with Crippen LogP contribution in [-0.2, 0) is 4.79 Å². The van der Waals surface area contributed by atoms with Crippen molar-refractivity contribution in [3.05, 3.63) is 77.8 Å². The molecule has 3 aromatic rings. The molecule has 4 heterocycles. The molecular weight excluding hydrogens is 462 g/mol. The van der Waals surface area contributed by atoms with Crippen LogP contribution in [0.1, 0.15) is 24.8 Å². The van der Waals surface area contributed by atoms with Crippen molar-refractivity contribution in [2.24, 2.45) is 11.8 Å². The van der Waals surface area contributed by atoms with Crippen LogP contribution < -0.4 is 9.64 Å². The fraction of sp³-hybridized carbons (Fsp3) is 0.407. The van der Waals surface area contributed by atoms with E-state index < -0.39 is 0 Å². The Morgan fingerprint density at radius 2 is 1.80 bits per heavy atom. The van der Waals surface area contributed by atoms with E-state index in [2.05, 4.69) is 38.9 Å². The number of halogens is 1. The van der Waals surface area contributed by atoms with Gasteiger partial charge in [-0.2, -0.15) is 0 Å². The fourth-order valence-corrected chi connectivity index (χ4v) is 4.53. The Bertz CT molecular complexity index is 1040. The lowest BCUT2D eigenvalue weighted by Gasteiger charge is -2.33. The first-order chi connectivity index (χ1) is 17.1. The first kappa shape index (κ1) is 24.9. The Labute approximate surface area is 212 Å². The Kier molecular flexibility index (Phi) is 8.90. The average molecular weight is 494 g/mol. The van der Waals surface area contributed by atoms with Crippen molar-refractivity contribution in [1.82, 2.24) is 19.9 Å². The maximum atomic E-state index is 12.9. The molecule has 2 fully saturated rings. The molecule has 7 nitrogen and oxygen atoms in total. The number of amides is 1. The number of benzene rings is 1. The number of piperidine rings is 1. The summed E-state index contributed by atoms with van der Waals surface area (Å²) in [5, 5.41) is 0.593. The van der Waals surface area contributed by atoms with Crippen molar-refractivity contribution in [2.75, 3.05) is 37.7 Å². The molecule has 35 heavy (non-hydrogen) atoms. The number of pyridine rings is 1. The van der Waals surface area contributed by atoms with Crippen LogP contribution in [0.5, 0.6) is 5.88 Å². The van der Waals surface area contributed by atoms with Crippen LogP contribution in [0.3, 0.4) is 0 Å². The number of anilines is 1. The van der Waals surface area contributed by atoms with E-state index in [4.69, 9.17) is 16.3 Å². The minimum atomic E-state index is 0.102. The number of likely N-dealkylation sites (tertiary alicyclic amines) is 1. The van der Waals surface area contributed by atoms with Gasteiger partial charge in [-0.25, -0.2) is 9.97 Å². The number of aromatic nitrogens is 3. The molecule has 184 valence electrons. The molecular formula is C27H32ClN5O2. The van der Waals surface area contributed by atoms with Gasteiger partial charge in [-0.05, 0) is 32.3 Å². The van der Waals surface area contributed by atoms with E-state index in [9.17, 15) is 4.79 Å². The molecule has 0 bridgehead atoms. The smallest absolute Gasteiger partial charge is 0.225 e. The maximum absolute atomic E-state index is 12.9. The summed E-state index contributed by atoms with van der Waals surface area (Å²) in [7, 11) is 0. The van der Waals surface area contributed by atoms with Crippen LogP contribution in [0.4, 0.5) is 5.82 Å². The van der Waals surface area contributed by atoms with Gasteiger partial charge in [0.05, 0.1) is 17.8 Å². The lowest BCUT2D eigenvalue weighted by atomic mass is 9.95. The standard InChI is InChI=1S/C20H24ClN5O2.C7H8/c21-17-1-2-19(24-11-17)28-14-15-3-8-26(13-15)20(27)16-4-9-25(10-5-16)18-12-22-6-7-23-18;1-7-5-3-2-4-6-7/h1-2,6-7,11-12,15-16H,3-5,8-10,13-14H2;2-6H,1H3. The summed E-state index contributed by atoms with van der Waals surface area (Å²) in [5.41, 5.74) is 1.32. The zero-order valence-corrected chi connectivity index (χ0v) is 20.8. The van der Waals surface area contributed by atoms with Crippen molar-refractivity contribution in [2.45, 2.75) is 26.2 Å². The normalized spacial score (nSPS) is 18.1. The van der Waals surface area contributed by atoms with E-state index in [0.29, 0.717) is 23.4 Å². The zero-order chi connectivity index (χ0) is 24.5. The van der Waals surface area contributed by atoms with Gasteiger partial charge in [0.2, 0.25) is 11.8 Å². The van der Waals surface area contributed by atoms with Gasteiger partial charge in [-0.1, -0.05) is 47.5 Å². The summed E-state index contributed by atoms with van der Waals surface area (Å²) in [5.74, 6) is 2.20. The zero-order valence-electron chi connectivity index (χ0n) is 20.1. The highest BCUT2D eigenvalue weighted by Crippen LogP contribution is 2.26. The predicted molar refractivity (Wildman–Crippen MR) is 138 cm³/mol. The van der Waals surface area contributed by atoms with E-state index in [1.165, 1.54) is 5.56 Å². The molecule has 2 saturated heterocycles. The monoisotopic (exact) mass is 493 g/mol. The fourth-order valence-electron chi connectivity index (χ4n) is 4.42. The molecule has 5 rings (SSSR count). The number of nitrogens with zero attached hydrogens (tertiary/aromatic N) is 5. The molecule has 0 saturated carbocycles. The minimum absolute atomic E-state index is 0.102. The lowest BCUT2D eigenvalue weighted by Crippen LogP contribution is -2.42. The van der Waals surface area contributed by atoms with Gasteiger partial charge in [-0.3, -0.25) is 9.78 Å². The number of carbonyl (C=O) groups is 1. The number of hydrogen-bond donors (Lipinski definition) is 0. The summed E-state index contributed by atoms with van der Waals surface area (Å²) in [6.07, 6.45) is 9.44. The summed E-state index contributed by atoms with van der Waals surface area (Å²) in [6, 6.07) is 13.8. The van der Waals surface area contributed by atoms with E-state index in [0.717, 1.165) is 51.3 Å². The molecule has 1 amide bonds. The largest absolute Gasteiger partial charge is 0.477 e. The van der Waals surface area contributed by atoms with E-state index >= 15 is 0 Å². The highest BCUT2D eigenvalue weighted by molar-refractivity contribution is 6.30. The van der Waals surface area contributed by atoms with Crippen LogP contribution in [0.25, 0.3) is 0 Å². The molecule has 2 aromatic heterocycles. The Morgan fingerprint density at radius 3 is 2.43 bits per heavy atom. The van der Waals surface area contributed by atoms with E-state index in [-0.39, 0.29) is 11.8 Å². The minimum Gasteiger partial charge on any atom is -0.477 e. The summed E-state index contributed by atoms with van der Waals surface area (Å²) < 4.78 is 5.75. The molecule has 2 aliphatic rings. The maximum Gasteiger partial charge on any atom is 0.225 e. The number of hydrogen-bond acceptors (Lipinski definition) is 6. The third-order valence-electron chi connectivity index (χ3n) is 6.42. The summed E-state index contributed by atoms with van der Waals surface area (Å²) in [6.45, 7) is 5.92. The van der Waals surface area contributed by atoms with Crippen molar-refractivity contribution in [3.8, 4) is 5.88 Å². The molecule has 1 aromatic carbocycles. The Morgan fingerprint density at radius 1 is 1.00 bits per heavy atom. The number of carbonyl (C=O) groups excluding carboxylic acids is 1. The third kappa shape index (κ3) is 7.39. The van der Waals surface area contributed by atoms with Gasteiger partial charge in [0.15, 0.2) is 0 Å². The highest BCUT2D eigenvalue weighted by Gasteiger charge is 2.33. The molecule has 1 atom stereocenters. The van der Waals surface area contributed by atoms with Gasteiger partial charge in [0, 0.05) is 62.7 Å². The van der Waals surface area contributed by atoms with Gasteiger partial charge in [0.1, 0.15) is 5.82 Å². The first-order valence-corrected chi connectivity index (χ1v) is 12.5. The SMILES string of the molecule is Cc1ccccc1.O=C(C1CCN(c2cnccn2)CC1)N1CCC(COc2ccc(Cl)cn2)C1. The van der Waals surface area contributed by atoms with Crippen molar-refractivity contribution in [3.63, 3.8) is 0 Å². The van der Waals surface area contributed by atoms with Gasteiger partial charge in [0.25, 0.3) is 0 Å². The predicted octanol–water partition coefficient (Wildman–Crippen LogP) is 4.66. The van der Waals surface area contributed by atoms with Gasteiger partial charge >= 0.3 is 0 Å². The molecule has 0 N–H and O–H groups in total. The number of ether oxygens (including phenoxy) is 1. The number of rotatable bonds is 5. The third-order valence-corrected chi connectivity index (χ3v) is 6.65. The lowest BCUT2D eigenvalue weighted by molar-refractivity contribution is -0.135. The second-order valence-electron chi connectivity index (χ2n) is 9.04. The van der Waals surface area contributed by atoms with Crippen LogP contribution in [0.2, 0.25) is 5.02 Å². The van der Waals surface area contributed by atoms with Crippen molar-refractivity contribution in [1.29, 1.82) is 0 Å². The number of aryl methyl sites for hydroxylation is 1. The second kappa shape index (κ2) is 12.5. The van der Waals surface area contributed by atoms with Crippen molar-refractivity contribution >= 4 is 23.3 Å². The van der Waals surface area contributed by atoms with Crippen LogP contribution in [0, 0.1) is 18.8 Å². The van der Waals surface area contributed by atoms with Crippen LogP contribution in [0.15, 0.2) is 67.3 Å². The topological polar surface area (TPSA) is 71.5 Å².